The first kappa shape index (κ1) is 14.0. The molecule has 110 valence electrons. The van der Waals surface area contributed by atoms with Crippen LogP contribution in [-0.2, 0) is 4.79 Å². The van der Waals surface area contributed by atoms with Crippen LogP contribution in [0.1, 0.15) is 6.42 Å². The lowest BCUT2D eigenvalue weighted by Gasteiger charge is -2.14. The van der Waals surface area contributed by atoms with E-state index in [2.05, 4.69) is 20.7 Å². The Hall–Kier alpha value is -1.96. The molecule has 2 heterocycles. The van der Waals surface area contributed by atoms with Crippen LogP contribution in [0.15, 0.2) is 30.9 Å². The van der Waals surface area contributed by atoms with Gasteiger partial charge in [-0.15, -0.1) is 0 Å². The number of hydrogen-bond donors (Lipinski definition) is 3. The highest BCUT2D eigenvalue weighted by Crippen LogP contribution is 2.24. The van der Waals surface area contributed by atoms with Gasteiger partial charge in [0.05, 0.1) is 23.5 Å². The minimum atomic E-state index is -0.491. The number of aliphatic hydroxyl groups excluding tert-OH is 1. The van der Waals surface area contributed by atoms with Crippen LogP contribution in [0, 0.1) is 0 Å². The number of hydrogen-bond acceptors (Lipinski definition) is 5. The topological polar surface area (TPSA) is 92.1 Å². The van der Waals surface area contributed by atoms with Gasteiger partial charge in [0.15, 0.2) is 0 Å². The van der Waals surface area contributed by atoms with Crippen LogP contribution in [0.5, 0.6) is 0 Å². The van der Waals surface area contributed by atoms with Gasteiger partial charge in [-0.1, -0.05) is 11.6 Å². The highest BCUT2D eigenvalue weighted by atomic mass is 35.5. The molecule has 3 N–H and O–H groups in total. The largest absolute Gasteiger partial charge is 0.392 e. The molecule has 1 fully saturated rings. The average molecular weight is 308 g/mol. The Bertz CT molecular complexity index is 646. The molecule has 1 aromatic carbocycles. The molecule has 0 saturated carbocycles. The molecule has 2 unspecified atom stereocenters. The van der Waals surface area contributed by atoms with Gasteiger partial charge in [-0.25, -0.2) is 9.67 Å². The van der Waals surface area contributed by atoms with Crippen LogP contribution >= 0.6 is 11.6 Å². The van der Waals surface area contributed by atoms with Crippen molar-refractivity contribution in [3.8, 4) is 5.69 Å². The van der Waals surface area contributed by atoms with Gasteiger partial charge in [-0.2, -0.15) is 5.10 Å². The van der Waals surface area contributed by atoms with E-state index in [1.165, 1.54) is 12.7 Å². The average Bonchev–Trinajstić information content (AvgIpc) is 3.10. The number of carbonyl (C=O) groups is 1. The number of halogens is 1. The summed E-state index contributed by atoms with van der Waals surface area (Å²) in [5.74, 6) is -0.213. The number of carbonyl (C=O) groups excluding carboxylic acids is 1. The quantitative estimate of drug-likeness (QED) is 0.771. The molecule has 0 spiro atoms. The molecule has 0 radical (unpaired) electrons. The Morgan fingerprint density at radius 3 is 3.05 bits per heavy atom. The standard InChI is InChI=1S/C13H14ClN5O2/c14-8-1-2-12(19-7-15-6-17-19)10(3-8)18-13(21)11-4-9(20)5-16-11/h1-3,6-7,9,11,16,20H,4-5H2,(H,18,21). The normalized spacial score (nSPS) is 21.4. The van der Waals surface area contributed by atoms with Crippen molar-refractivity contribution in [2.45, 2.75) is 18.6 Å². The minimum Gasteiger partial charge on any atom is -0.392 e. The van der Waals surface area contributed by atoms with Crippen LogP contribution in [0.3, 0.4) is 0 Å². The molecule has 2 aromatic rings. The number of benzene rings is 1. The first-order valence-electron chi connectivity index (χ1n) is 6.50. The summed E-state index contributed by atoms with van der Waals surface area (Å²) in [6.45, 7) is 0.420. The lowest BCUT2D eigenvalue weighted by molar-refractivity contribution is -0.117. The maximum Gasteiger partial charge on any atom is 0.241 e. The minimum absolute atomic E-state index is 0.213. The van der Waals surface area contributed by atoms with Crippen LogP contribution in [-0.4, -0.2) is 44.5 Å². The predicted octanol–water partition coefficient (Wildman–Crippen LogP) is 0.582. The second-order valence-electron chi connectivity index (χ2n) is 4.84. The second kappa shape index (κ2) is 5.80. The fourth-order valence-electron chi connectivity index (χ4n) is 2.28. The molecule has 2 atom stereocenters. The van der Waals surface area contributed by atoms with Crippen molar-refractivity contribution >= 4 is 23.2 Å². The highest BCUT2D eigenvalue weighted by Gasteiger charge is 2.28. The number of nitrogens with zero attached hydrogens (tertiary/aromatic N) is 3. The molecular formula is C13H14ClN5O2. The summed E-state index contributed by atoms with van der Waals surface area (Å²) in [5.41, 5.74) is 1.21. The number of nitrogens with one attached hydrogen (secondary N) is 2. The molecule has 8 heteroatoms. The van der Waals surface area contributed by atoms with Crippen molar-refractivity contribution in [1.82, 2.24) is 20.1 Å². The molecule has 1 aliphatic rings. The van der Waals surface area contributed by atoms with Crippen molar-refractivity contribution in [3.63, 3.8) is 0 Å². The van der Waals surface area contributed by atoms with Crippen molar-refractivity contribution in [2.24, 2.45) is 0 Å². The van der Waals surface area contributed by atoms with Gasteiger partial charge in [0.1, 0.15) is 12.7 Å². The van der Waals surface area contributed by atoms with E-state index < -0.39 is 12.1 Å². The van der Waals surface area contributed by atoms with Gasteiger partial charge < -0.3 is 15.7 Å². The Kier molecular flexibility index (Phi) is 3.87. The van der Waals surface area contributed by atoms with E-state index in [0.29, 0.717) is 29.4 Å². The molecule has 7 nitrogen and oxygen atoms in total. The van der Waals surface area contributed by atoms with Crippen LogP contribution < -0.4 is 10.6 Å². The molecule has 3 rings (SSSR count). The number of amides is 1. The number of aromatic nitrogens is 3. The van der Waals surface area contributed by atoms with Crippen molar-refractivity contribution in [3.05, 3.63) is 35.9 Å². The van der Waals surface area contributed by atoms with Crippen LogP contribution in [0.4, 0.5) is 5.69 Å². The van der Waals surface area contributed by atoms with Gasteiger partial charge in [0.2, 0.25) is 5.91 Å². The molecule has 1 aromatic heterocycles. The highest BCUT2D eigenvalue weighted by molar-refractivity contribution is 6.31. The van der Waals surface area contributed by atoms with E-state index >= 15 is 0 Å². The van der Waals surface area contributed by atoms with Crippen LogP contribution in [0.2, 0.25) is 5.02 Å². The van der Waals surface area contributed by atoms with E-state index in [9.17, 15) is 9.90 Å². The first-order valence-corrected chi connectivity index (χ1v) is 6.88. The molecule has 1 aliphatic heterocycles. The summed E-state index contributed by atoms with van der Waals surface area (Å²) in [4.78, 5) is 16.1. The van der Waals surface area contributed by atoms with Gasteiger partial charge in [0.25, 0.3) is 0 Å². The lowest BCUT2D eigenvalue weighted by Crippen LogP contribution is -2.35. The Morgan fingerprint density at radius 1 is 1.52 bits per heavy atom. The molecule has 1 saturated heterocycles. The summed E-state index contributed by atoms with van der Waals surface area (Å²) in [6.07, 6.45) is 2.85. The summed E-state index contributed by atoms with van der Waals surface area (Å²) in [6, 6.07) is 4.71. The number of rotatable bonds is 3. The number of aliphatic hydroxyl groups is 1. The molecule has 21 heavy (non-hydrogen) atoms. The molecular weight excluding hydrogens is 294 g/mol. The number of anilines is 1. The van der Waals surface area contributed by atoms with Gasteiger partial charge >= 0.3 is 0 Å². The Labute approximate surface area is 125 Å². The van der Waals surface area contributed by atoms with E-state index in [1.807, 2.05) is 0 Å². The summed E-state index contributed by atoms with van der Waals surface area (Å²) < 4.78 is 1.54. The third-order valence-corrected chi connectivity index (χ3v) is 3.54. The Morgan fingerprint density at radius 2 is 2.38 bits per heavy atom. The smallest absolute Gasteiger partial charge is 0.241 e. The van der Waals surface area contributed by atoms with E-state index in [4.69, 9.17) is 11.6 Å². The molecule has 1 amide bonds. The maximum absolute atomic E-state index is 12.2. The first-order chi connectivity index (χ1) is 10.1. The van der Waals surface area contributed by atoms with Crippen molar-refractivity contribution in [2.75, 3.05) is 11.9 Å². The molecule has 0 aliphatic carbocycles. The predicted molar refractivity (Wildman–Crippen MR) is 77.4 cm³/mol. The maximum atomic E-state index is 12.2. The fraction of sp³-hybridized carbons (Fsp3) is 0.308. The van der Waals surface area contributed by atoms with Crippen molar-refractivity contribution < 1.29 is 9.90 Å². The zero-order valence-electron chi connectivity index (χ0n) is 11.0. The Balaban J connectivity index is 1.84. The van der Waals surface area contributed by atoms with E-state index in [1.54, 1.807) is 22.9 Å². The summed E-state index contributed by atoms with van der Waals surface area (Å²) >= 11 is 5.99. The van der Waals surface area contributed by atoms with Gasteiger partial charge in [-0.05, 0) is 24.6 Å². The fourth-order valence-corrected chi connectivity index (χ4v) is 2.45. The third kappa shape index (κ3) is 3.05. The van der Waals surface area contributed by atoms with Gasteiger partial charge in [0, 0.05) is 11.6 Å². The summed E-state index contributed by atoms with van der Waals surface area (Å²) in [5, 5.41) is 19.8. The number of β-amino-alcohol motifs (C(OH)–C–C–N with tert-alkyl or cyclic N) is 1. The third-order valence-electron chi connectivity index (χ3n) is 3.31. The summed E-state index contributed by atoms with van der Waals surface area (Å²) in [7, 11) is 0. The second-order valence-corrected chi connectivity index (χ2v) is 5.28. The molecule has 0 bridgehead atoms. The lowest BCUT2D eigenvalue weighted by atomic mass is 10.2. The van der Waals surface area contributed by atoms with Gasteiger partial charge in [-0.3, -0.25) is 4.79 Å². The van der Waals surface area contributed by atoms with E-state index in [0.717, 1.165) is 0 Å². The van der Waals surface area contributed by atoms with Crippen molar-refractivity contribution in [1.29, 1.82) is 0 Å². The SMILES string of the molecule is O=C(Nc1cc(Cl)ccc1-n1cncn1)C1CC(O)CN1. The van der Waals surface area contributed by atoms with E-state index in [-0.39, 0.29) is 5.91 Å². The zero-order valence-corrected chi connectivity index (χ0v) is 11.8. The zero-order chi connectivity index (χ0) is 14.8. The monoisotopic (exact) mass is 307 g/mol. The van der Waals surface area contributed by atoms with Crippen LogP contribution in [0.25, 0.3) is 5.69 Å².